The number of benzene rings is 1. The van der Waals surface area contributed by atoms with Crippen LogP contribution in [0.1, 0.15) is 45.4 Å². The topological polar surface area (TPSA) is 84.9 Å². The Morgan fingerprint density at radius 2 is 1.78 bits per heavy atom. The predicted octanol–water partition coefficient (Wildman–Crippen LogP) is 2.45. The van der Waals surface area contributed by atoms with E-state index in [2.05, 4.69) is 5.32 Å². The van der Waals surface area contributed by atoms with Crippen molar-refractivity contribution in [3.63, 3.8) is 0 Å². The summed E-state index contributed by atoms with van der Waals surface area (Å²) >= 11 is 0. The van der Waals surface area contributed by atoms with Crippen molar-refractivity contribution < 1.29 is 22.7 Å². The third kappa shape index (κ3) is 5.06. The van der Waals surface area contributed by atoms with Crippen LogP contribution < -0.4 is 19.1 Å². The van der Waals surface area contributed by atoms with Gasteiger partial charge in [-0.2, -0.15) is 0 Å². The third-order valence-corrected chi connectivity index (χ3v) is 6.76. The van der Waals surface area contributed by atoms with Crippen molar-refractivity contribution >= 4 is 21.6 Å². The van der Waals surface area contributed by atoms with E-state index in [1.807, 2.05) is 0 Å². The van der Waals surface area contributed by atoms with Crippen molar-refractivity contribution in [1.82, 2.24) is 5.32 Å². The molecule has 1 saturated carbocycles. The molecule has 27 heavy (non-hydrogen) atoms. The van der Waals surface area contributed by atoms with Crippen LogP contribution in [0.25, 0.3) is 0 Å². The highest BCUT2D eigenvalue weighted by molar-refractivity contribution is 7.92. The summed E-state index contributed by atoms with van der Waals surface area (Å²) in [5, 5.41) is 3.02. The monoisotopic (exact) mass is 396 g/mol. The van der Waals surface area contributed by atoms with Crippen LogP contribution in [0.15, 0.2) is 18.2 Å². The number of anilines is 1. The molecule has 1 amide bonds. The highest BCUT2D eigenvalue weighted by Gasteiger charge is 2.26. The molecule has 0 unspecified atom stereocenters. The van der Waals surface area contributed by atoms with Crippen molar-refractivity contribution in [2.45, 2.75) is 51.5 Å². The van der Waals surface area contributed by atoms with Crippen molar-refractivity contribution in [3.8, 4) is 11.5 Å². The molecule has 1 N–H and O–H groups in total. The molecule has 150 valence electrons. The summed E-state index contributed by atoms with van der Waals surface area (Å²) in [6.45, 7) is 2.22. The van der Waals surface area contributed by atoms with E-state index in [-0.39, 0.29) is 24.2 Å². The average Bonchev–Trinajstić information content (AvgIpc) is 2.94. The zero-order valence-corrected chi connectivity index (χ0v) is 16.6. The largest absolute Gasteiger partial charge is 0.486 e. The Morgan fingerprint density at radius 3 is 2.44 bits per heavy atom. The van der Waals surface area contributed by atoms with Gasteiger partial charge in [0.15, 0.2) is 11.5 Å². The van der Waals surface area contributed by atoms with Crippen LogP contribution in [-0.4, -0.2) is 45.9 Å². The number of nitrogens with one attached hydrogen (secondary N) is 1. The third-order valence-electron chi connectivity index (χ3n) is 5.02. The second-order valence-corrected chi connectivity index (χ2v) is 9.17. The molecule has 0 atom stereocenters. The van der Waals surface area contributed by atoms with Crippen LogP contribution in [-0.2, 0) is 14.8 Å². The first kappa shape index (κ1) is 19.8. The highest BCUT2D eigenvalue weighted by Crippen LogP contribution is 2.34. The number of hydrogen-bond acceptors (Lipinski definition) is 5. The summed E-state index contributed by atoms with van der Waals surface area (Å²) in [7, 11) is -3.61. The van der Waals surface area contributed by atoms with Gasteiger partial charge in [0.05, 0.1) is 11.4 Å². The van der Waals surface area contributed by atoms with Gasteiger partial charge in [-0.25, -0.2) is 8.42 Å². The van der Waals surface area contributed by atoms with E-state index in [4.69, 9.17) is 9.47 Å². The van der Waals surface area contributed by atoms with Crippen LogP contribution in [0.3, 0.4) is 0 Å². The summed E-state index contributed by atoms with van der Waals surface area (Å²) in [4.78, 5) is 12.6. The first-order valence-corrected chi connectivity index (χ1v) is 11.3. The van der Waals surface area contributed by atoms with Gasteiger partial charge in [-0.1, -0.05) is 25.7 Å². The Labute approximate surface area is 161 Å². The van der Waals surface area contributed by atoms with Gasteiger partial charge in [0.25, 0.3) is 0 Å². The maximum atomic E-state index is 12.6. The van der Waals surface area contributed by atoms with E-state index in [1.165, 1.54) is 12.8 Å². The molecule has 0 bridgehead atoms. The standard InChI is InChI=1S/C19H28N2O5S/c1-2-27(23,24)21(14-19(22)20-15-7-5-3-4-6-8-15)16-9-10-17-18(13-16)26-12-11-25-17/h9-10,13,15H,2-8,11-12,14H2,1H3,(H,20,22). The lowest BCUT2D eigenvalue weighted by Gasteiger charge is -2.26. The molecule has 8 heteroatoms. The second-order valence-electron chi connectivity index (χ2n) is 6.99. The number of sulfonamides is 1. The molecule has 1 fully saturated rings. The van der Waals surface area contributed by atoms with E-state index in [0.717, 1.165) is 30.0 Å². The molecule has 0 saturated heterocycles. The normalized spacial score (nSPS) is 17.8. The van der Waals surface area contributed by atoms with Gasteiger partial charge in [0, 0.05) is 12.1 Å². The van der Waals surface area contributed by atoms with Crippen molar-refractivity contribution in [3.05, 3.63) is 18.2 Å². The number of fused-ring (bicyclic) bond motifs is 1. The smallest absolute Gasteiger partial charge is 0.240 e. The van der Waals surface area contributed by atoms with Gasteiger partial charge in [-0.15, -0.1) is 0 Å². The van der Waals surface area contributed by atoms with E-state index in [9.17, 15) is 13.2 Å². The summed E-state index contributed by atoms with van der Waals surface area (Å²) in [5.41, 5.74) is 0.414. The molecule has 7 nitrogen and oxygen atoms in total. The number of rotatable bonds is 6. The Bertz CT molecular complexity index is 757. The van der Waals surface area contributed by atoms with Gasteiger partial charge in [-0.3, -0.25) is 9.10 Å². The van der Waals surface area contributed by atoms with Crippen LogP contribution in [0.5, 0.6) is 11.5 Å². The molecular formula is C19H28N2O5S. The first-order valence-electron chi connectivity index (χ1n) is 9.69. The molecule has 0 aromatic heterocycles. The predicted molar refractivity (Wildman–Crippen MR) is 104 cm³/mol. The number of ether oxygens (including phenoxy) is 2. The number of amides is 1. The first-order chi connectivity index (χ1) is 13.0. The summed E-state index contributed by atoms with van der Waals surface area (Å²) < 4.78 is 37.5. The quantitative estimate of drug-likeness (QED) is 0.747. The molecule has 1 heterocycles. The average molecular weight is 397 g/mol. The molecule has 3 rings (SSSR count). The summed E-state index contributed by atoms with van der Waals surface area (Å²) in [6, 6.07) is 5.09. The van der Waals surface area contributed by atoms with E-state index < -0.39 is 10.0 Å². The van der Waals surface area contributed by atoms with Crippen LogP contribution in [0, 0.1) is 0 Å². The molecule has 0 radical (unpaired) electrons. The van der Waals surface area contributed by atoms with Gasteiger partial charge in [-0.05, 0) is 31.9 Å². The summed E-state index contributed by atoms with van der Waals surface area (Å²) in [5.74, 6) is 0.729. The van der Waals surface area contributed by atoms with Gasteiger partial charge >= 0.3 is 0 Å². The summed E-state index contributed by atoms with van der Waals surface area (Å²) in [6.07, 6.45) is 6.50. The Morgan fingerprint density at radius 1 is 1.11 bits per heavy atom. The molecule has 1 aliphatic carbocycles. The van der Waals surface area contributed by atoms with E-state index >= 15 is 0 Å². The minimum atomic E-state index is -3.61. The van der Waals surface area contributed by atoms with Gasteiger partial charge in [0.1, 0.15) is 19.8 Å². The Hall–Kier alpha value is -1.96. The highest BCUT2D eigenvalue weighted by atomic mass is 32.2. The molecule has 1 aromatic carbocycles. The zero-order chi connectivity index (χ0) is 19.3. The maximum Gasteiger partial charge on any atom is 0.240 e. The lowest BCUT2D eigenvalue weighted by molar-refractivity contribution is -0.120. The minimum Gasteiger partial charge on any atom is -0.486 e. The number of nitrogens with zero attached hydrogens (tertiary/aromatic N) is 1. The molecule has 1 aromatic rings. The molecule has 1 aliphatic heterocycles. The Balaban J connectivity index is 1.76. The second kappa shape index (κ2) is 8.82. The van der Waals surface area contributed by atoms with Crippen molar-refractivity contribution in [2.24, 2.45) is 0 Å². The number of hydrogen-bond donors (Lipinski definition) is 1. The van der Waals surface area contributed by atoms with Crippen LogP contribution >= 0.6 is 0 Å². The lowest BCUT2D eigenvalue weighted by Crippen LogP contribution is -2.44. The van der Waals surface area contributed by atoms with E-state index in [1.54, 1.807) is 25.1 Å². The van der Waals surface area contributed by atoms with Crippen LogP contribution in [0.4, 0.5) is 5.69 Å². The lowest BCUT2D eigenvalue weighted by atomic mass is 10.1. The maximum absolute atomic E-state index is 12.6. The van der Waals surface area contributed by atoms with Crippen molar-refractivity contribution in [2.75, 3.05) is 29.8 Å². The van der Waals surface area contributed by atoms with Crippen LogP contribution in [0.2, 0.25) is 0 Å². The van der Waals surface area contributed by atoms with Gasteiger partial charge in [0.2, 0.25) is 15.9 Å². The zero-order valence-electron chi connectivity index (χ0n) is 15.8. The number of carbonyl (C=O) groups excluding carboxylic acids is 1. The number of carbonyl (C=O) groups is 1. The van der Waals surface area contributed by atoms with Crippen molar-refractivity contribution in [1.29, 1.82) is 0 Å². The molecule has 0 spiro atoms. The fourth-order valence-electron chi connectivity index (χ4n) is 3.52. The van der Waals surface area contributed by atoms with Gasteiger partial charge < -0.3 is 14.8 Å². The SMILES string of the molecule is CCS(=O)(=O)N(CC(=O)NC1CCCCCC1)c1ccc2c(c1)OCCO2. The molecular weight excluding hydrogens is 368 g/mol. The Kier molecular flexibility index (Phi) is 6.46. The fraction of sp³-hybridized carbons (Fsp3) is 0.632. The minimum absolute atomic E-state index is 0.0852. The fourth-order valence-corrected chi connectivity index (χ4v) is 4.58. The van der Waals surface area contributed by atoms with E-state index in [0.29, 0.717) is 30.4 Å². The molecule has 2 aliphatic rings.